The van der Waals surface area contributed by atoms with Crippen molar-refractivity contribution in [2.75, 3.05) is 7.11 Å². The zero-order valence-corrected chi connectivity index (χ0v) is 14.4. The van der Waals surface area contributed by atoms with Gasteiger partial charge in [0, 0.05) is 34.8 Å². The quantitative estimate of drug-likeness (QED) is 0.421. The second-order valence-corrected chi connectivity index (χ2v) is 5.63. The first-order valence-corrected chi connectivity index (χ1v) is 7.93. The van der Waals surface area contributed by atoms with Crippen LogP contribution in [0.4, 0.5) is 0 Å². The van der Waals surface area contributed by atoms with E-state index in [0.29, 0.717) is 11.4 Å². The van der Waals surface area contributed by atoms with Crippen molar-refractivity contribution in [3.8, 4) is 22.4 Å². The standard InChI is InChI=1S/C20H19N5O/c1-13(21)14-3-5-15(6-4-14)18-9-7-16(11-23-18)17-8-10-19(24-12-17)20(22)25-26-2/h3-12H,1,21H2,2H3,(H2,22,25). The van der Waals surface area contributed by atoms with Gasteiger partial charge in [0.2, 0.25) is 0 Å². The van der Waals surface area contributed by atoms with Gasteiger partial charge in [-0.1, -0.05) is 48.1 Å². The van der Waals surface area contributed by atoms with Crippen LogP contribution in [0.25, 0.3) is 28.1 Å². The van der Waals surface area contributed by atoms with Crippen molar-refractivity contribution in [1.82, 2.24) is 9.97 Å². The number of hydrogen-bond donors (Lipinski definition) is 2. The molecule has 0 amide bonds. The van der Waals surface area contributed by atoms with Crippen LogP contribution in [0.1, 0.15) is 11.3 Å². The molecule has 130 valence electrons. The Morgan fingerprint density at radius 1 is 0.885 bits per heavy atom. The maximum absolute atomic E-state index is 5.74. The highest BCUT2D eigenvalue weighted by Gasteiger charge is 2.05. The number of rotatable bonds is 5. The first kappa shape index (κ1) is 17.2. The van der Waals surface area contributed by atoms with Crippen LogP contribution in [0, 0.1) is 0 Å². The normalized spacial score (nSPS) is 11.2. The molecule has 6 nitrogen and oxygen atoms in total. The van der Waals surface area contributed by atoms with Gasteiger partial charge in [-0.3, -0.25) is 9.97 Å². The van der Waals surface area contributed by atoms with E-state index in [9.17, 15) is 0 Å². The van der Waals surface area contributed by atoms with Gasteiger partial charge in [0.1, 0.15) is 12.8 Å². The number of hydrogen-bond acceptors (Lipinski definition) is 5. The molecule has 0 aliphatic rings. The maximum atomic E-state index is 5.74. The summed E-state index contributed by atoms with van der Waals surface area (Å²) in [6.45, 7) is 3.73. The summed E-state index contributed by atoms with van der Waals surface area (Å²) in [5.41, 5.74) is 17.2. The van der Waals surface area contributed by atoms with Gasteiger partial charge >= 0.3 is 0 Å². The largest absolute Gasteiger partial charge is 0.399 e. The molecule has 0 radical (unpaired) electrons. The summed E-state index contributed by atoms with van der Waals surface area (Å²) >= 11 is 0. The lowest BCUT2D eigenvalue weighted by molar-refractivity contribution is 0.213. The van der Waals surface area contributed by atoms with Gasteiger partial charge in [0.05, 0.1) is 5.69 Å². The highest BCUT2D eigenvalue weighted by atomic mass is 16.6. The van der Waals surface area contributed by atoms with Crippen molar-refractivity contribution >= 4 is 11.5 Å². The molecule has 3 aromatic rings. The van der Waals surface area contributed by atoms with E-state index >= 15 is 0 Å². The van der Waals surface area contributed by atoms with Crippen LogP contribution in [0.5, 0.6) is 0 Å². The van der Waals surface area contributed by atoms with Gasteiger partial charge in [-0.05, 0) is 17.7 Å². The summed E-state index contributed by atoms with van der Waals surface area (Å²) < 4.78 is 0. The Bertz CT molecular complexity index is 929. The lowest BCUT2D eigenvalue weighted by Gasteiger charge is -2.06. The molecular weight excluding hydrogens is 326 g/mol. The molecule has 26 heavy (non-hydrogen) atoms. The van der Waals surface area contributed by atoms with Crippen molar-refractivity contribution in [2.45, 2.75) is 0 Å². The average molecular weight is 345 g/mol. The Labute approximate surface area is 151 Å². The fourth-order valence-corrected chi connectivity index (χ4v) is 2.45. The van der Waals surface area contributed by atoms with Crippen molar-refractivity contribution in [1.29, 1.82) is 0 Å². The van der Waals surface area contributed by atoms with E-state index in [-0.39, 0.29) is 5.84 Å². The minimum absolute atomic E-state index is 0.233. The minimum Gasteiger partial charge on any atom is -0.399 e. The maximum Gasteiger partial charge on any atom is 0.188 e. The Balaban J connectivity index is 1.81. The Morgan fingerprint density at radius 2 is 1.50 bits per heavy atom. The van der Waals surface area contributed by atoms with Crippen molar-refractivity contribution in [3.05, 3.63) is 78.8 Å². The van der Waals surface area contributed by atoms with Crippen LogP contribution < -0.4 is 11.5 Å². The molecule has 6 heteroatoms. The van der Waals surface area contributed by atoms with Gasteiger partial charge in [-0.25, -0.2) is 0 Å². The van der Waals surface area contributed by atoms with Gasteiger partial charge in [-0.15, -0.1) is 0 Å². The zero-order chi connectivity index (χ0) is 18.5. The van der Waals surface area contributed by atoms with Crippen LogP contribution in [0.2, 0.25) is 0 Å². The number of amidine groups is 1. The number of benzene rings is 1. The second kappa shape index (κ2) is 7.48. The third-order valence-corrected chi connectivity index (χ3v) is 3.86. The van der Waals surface area contributed by atoms with E-state index in [1.165, 1.54) is 7.11 Å². The highest BCUT2D eigenvalue weighted by molar-refractivity contribution is 5.95. The second-order valence-electron chi connectivity index (χ2n) is 5.63. The SMILES string of the molecule is C=C(N)c1ccc(-c2ccc(-c3ccc(/C(N)=N/OC)nc3)cn2)cc1. The van der Waals surface area contributed by atoms with Crippen LogP contribution in [0.15, 0.2) is 72.7 Å². The molecule has 0 bridgehead atoms. The number of aromatic nitrogens is 2. The molecule has 0 aliphatic carbocycles. The number of nitrogens with two attached hydrogens (primary N) is 2. The fraction of sp³-hybridized carbons (Fsp3) is 0.0500. The molecule has 4 N–H and O–H groups in total. The van der Waals surface area contributed by atoms with Gasteiger partial charge in [0.15, 0.2) is 5.84 Å². The summed E-state index contributed by atoms with van der Waals surface area (Å²) in [5, 5.41) is 3.67. The van der Waals surface area contributed by atoms with Crippen molar-refractivity contribution < 1.29 is 4.84 Å². The topological polar surface area (TPSA) is 99.4 Å². The van der Waals surface area contributed by atoms with E-state index in [0.717, 1.165) is 27.9 Å². The Kier molecular flexibility index (Phi) is 4.94. The molecule has 0 atom stereocenters. The fourth-order valence-electron chi connectivity index (χ4n) is 2.45. The van der Waals surface area contributed by atoms with Crippen LogP contribution in [-0.2, 0) is 4.84 Å². The highest BCUT2D eigenvalue weighted by Crippen LogP contribution is 2.23. The summed E-state index contributed by atoms with van der Waals surface area (Å²) in [5.74, 6) is 0.233. The smallest absolute Gasteiger partial charge is 0.188 e. The number of pyridine rings is 2. The van der Waals surface area contributed by atoms with Crippen molar-refractivity contribution in [2.24, 2.45) is 16.6 Å². The molecule has 0 unspecified atom stereocenters. The molecule has 3 rings (SSSR count). The predicted molar refractivity (Wildman–Crippen MR) is 104 cm³/mol. The first-order chi connectivity index (χ1) is 12.6. The van der Waals surface area contributed by atoms with Crippen LogP contribution in [0.3, 0.4) is 0 Å². The third-order valence-electron chi connectivity index (χ3n) is 3.86. The molecule has 0 saturated heterocycles. The lowest BCUT2D eigenvalue weighted by Crippen LogP contribution is -2.15. The van der Waals surface area contributed by atoms with Crippen LogP contribution in [-0.4, -0.2) is 22.9 Å². The first-order valence-electron chi connectivity index (χ1n) is 7.93. The Morgan fingerprint density at radius 3 is 2.00 bits per heavy atom. The van der Waals surface area contributed by atoms with E-state index < -0.39 is 0 Å². The van der Waals surface area contributed by atoms with Gasteiger partial charge < -0.3 is 16.3 Å². The molecule has 0 spiro atoms. The summed E-state index contributed by atoms with van der Waals surface area (Å²) in [4.78, 5) is 13.5. The number of nitrogens with zero attached hydrogens (tertiary/aromatic N) is 3. The molecule has 0 fully saturated rings. The van der Waals surface area contributed by atoms with Gasteiger partial charge in [-0.2, -0.15) is 0 Å². The van der Waals surface area contributed by atoms with E-state index in [4.69, 9.17) is 11.5 Å². The Hall–Kier alpha value is -3.67. The summed E-state index contributed by atoms with van der Waals surface area (Å²) in [7, 11) is 1.44. The lowest BCUT2D eigenvalue weighted by atomic mass is 10.1. The summed E-state index contributed by atoms with van der Waals surface area (Å²) in [6.07, 6.45) is 3.54. The molecular formula is C20H19N5O. The monoisotopic (exact) mass is 345 g/mol. The molecule has 0 aliphatic heterocycles. The molecule has 1 aromatic carbocycles. The van der Waals surface area contributed by atoms with E-state index in [2.05, 4.69) is 26.5 Å². The third kappa shape index (κ3) is 3.70. The van der Waals surface area contributed by atoms with E-state index in [1.54, 1.807) is 12.3 Å². The predicted octanol–water partition coefficient (Wildman–Crippen LogP) is 3.01. The van der Waals surface area contributed by atoms with Gasteiger partial charge in [0.25, 0.3) is 0 Å². The van der Waals surface area contributed by atoms with Crippen molar-refractivity contribution in [3.63, 3.8) is 0 Å². The van der Waals surface area contributed by atoms with E-state index in [1.807, 2.05) is 48.7 Å². The average Bonchev–Trinajstić information content (AvgIpc) is 2.68. The summed E-state index contributed by atoms with van der Waals surface area (Å²) in [6, 6.07) is 15.5. The minimum atomic E-state index is 0.233. The molecule has 0 saturated carbocycles. The molecule has 2 heterocycles. The van der Waals surface area contributed by atoms with Crippen LogP contribution >= 0.6 is 0 Å². The number of oxime groups is 1. The molecule has 2 aromatic heterocycles. The zero-order valence-electron chi connectivity index (χ0n) is 14.4.